The van der Waals surface area contributed by atoms with E-state index >= 15 is 0 Å². The molecule has 2 aromatic rings. The van der Waals surface area contributed by atoms with E-state index in [1.165, 1.54) is 0 Å². The van der Waals surface area contributed by atoms with Crippen molar-refractivity contribution >= 4 is 17.8 Å². The number of carboxylic acid groups (broad SMARTS) is 1. The number of rotatable bonds is 7. The van der Waals surface area contributed by atoms with Crippen LogP contribution in [0.5, 0.6) is 0 Å². The number of nitrogens with one attached hydrogen (secondary N) is 1. The molecule has 0 bridgehead atoms. The van der Waals surface area contributed by atoms with Gasteiger partial charge in [-0.3, -0.25) is 19.4 Å². The van der Waals surface area contributed by atoms with E-state index in [2.05, 4.69) is 10.3 Å². The third-order valence-corrected chi connectivity index (χ3v) is 3.46. The lowest BCUT2D eigenvalue weighted by atomic mass is 10.0. The highest BCUT2D eigenvalue weighted by atomic mass is 16.4. The Hall–Kier alpha value is -3.22. The van der Waals surface area contributed by atoms with Gasteiger partial charge in [-0.25, -0.2) is 0 Å². The van der Waals surface area contributed by atoms with Gasteiger partial charge in [-0.2, -0.15) is 0 Å². The number of nitrogens with two attached hydrogens (primary N) is 1. The summed E-state index contributed by atoms with van der Waals surface area (Å²) in [6, 6.07) is 9.49. The molecular formula is C17H17N3O4. The predicted octanol–water partition coefficient (Wildman–Crippen LogP) is 1.20. The van der Waals surface area contributed by atoms with Gasteiger partial charge in [0.2, 0.25) is 5.91 Å². The van der Waals surface area contributed by atoms with Crippen LogP contribution >= 0.6 is 0 Å². The Kier molecular flexibility index (Phi) is 5.62. The van der Waals surface area contributed by atoms with E-state index in [1.807, 2.05) is 12.1 Å². The SMILES string of the molecule is NC(=O)[C@H](CCC(=O)O)NC(=O)c1ccc(-c2ccncc2)cc1. The zero-order chi connectivity index (χ0) is 17.5. The summed E-state index contributed by atoms with van der Waals surface area (Å²) in [5.41, 5.74) is 7.44. The van der Waals surface area contributed by atoms with Crippen LogP contribution in [0.4, 0.5) is 0 Å². The molecule has 0 saturated carbocycles. The number of aliphatic carboxylic acids is 1. The van der Waals surface area contributed by atoms with Crippen LogP contribution in [0.25, 0.3) is 11.1 Å². The molecule has 1 atom stereocenters. The zero-order valence-corrected chi connectivity index (χ0v) is 12.8. The minimum atomic E-state index is -1.06. The minimum Gasteiger partial charge on any atom is -0.481 e. The monoisotopic (exact) mass is 327 g/mol. The van der Waals surface area contributed by atoms with E-state index in [1.54, 1.807) is 36.7 Å². The Morgan fingerprint density at radius 1 is 1.04 bits per heavy atom. The van der Waals surface area contributed by atoms with Crippen molar-refractivity contribution < 1.29 is 19.5 Å². The first-order valence-corrected chi connectivity index (χ1v) is 7.30. The second-order valence-electron chi connectivity index (χ2n) is 5.17. The van der Waals surface area contributed by atoms with Crippen molar-refractivity contribution in [2.75, 3.05) is 0 Å². The molecule has 0 aliphatic heterocycles. The molecule has 1 aromatic carbocycles. The summed E-state index contributed by atoms with van der Waals surface area (Å²) in [4.78, 5) is 38.0. The number of benzene rings is 1. The van der Waals surface area contributed by atoms with Gasteiger partial charge in [-0.1, -0.05) is 12.1 Å². The average molecular weight is 327 g/mol. The number of carbonyl (C=O) groups is 3. The van der Waals surface area contributed by atoms with Gasteiger partial charge in [0.05, 0.1) is 0 Å². The summed E-state index contributed by atoms with van der Waals surface area (Å²) >= 11 is 0. The summed E-state index contributed by atoms with van der Waals surface area (Å²) in [6.07, 6.45) is 3.05. The first-order chi connectivity index (χ1) is 11.5. The van der Waals surface area contributed by atoms with Crippen LogP contribution in [0.3, 0.4) is 0 Å². The molecule has 1 aromatic heterocycles. The molecule has 0 radical (unpaired) electrons. The molecule has 1 heterocycles. The minimum absolute atomic E-state index is 0.0501. The van der Waals surface area contributed by atoms with Gasteiger partial charge < -0.3 is 16.2 Å². The third kappa shape index (κ3) is 4.64. The Morgan fingerprint density at radius 3 is 2.17 bits per heavy atom. The number of hydrogen-bond acceptors (Lipinski definition) is 4. The van der Waals surface area contributed by atoms with E-state index in [0.29, 0.717) is 5.56 Å². The van der Waals surface area contributed by atoms with Crippen molar-refractivity contribution in [2.24, 2.45) is 5.73 Å². The molecule has 7 nitrogen and oxygen atoms in total. The van der Waals surface area contributed by atoms with Crippen LogP contribution in [0.2, 0.25) is 0 Å². The lowest BCUT2D eigenvalue weighted by Crippen LogP contribution is -2.44. The number of nitrogens with zero attached hydrogens (tertiary/aromatic N) is 1. The maximum absolute atomic E-state index is 12.2. The van der Waals surface area contributed by atoms with E-state index in [0.717, 1.165) is 11.1 Å². The second-order valence-corrected chi connectivity index (χ2v) is 5.17. The summed E-state index contributed by atoms with van der Waals surface area (Å²) in [5.74, 6) is -2.30. The summed E-state index contributed by atoms with van der Waals surface area (Å²) in [6.45, 7) is 0. The highest BCUT2D eigenvalue weighted by molar-refractivity contribution is 5.97. The van der Waals surface area contributed by atoms with Gasteiger partial charge in [-0.15, -0.1) is 0 Å². The maximum atomic E-state index is 12.2. The Balaban J connectivity index is 2.06. The van der Waals surface area contributed by atoms with Crippen molar-refractivity contribution in [3.8, 4) is 11.1 Å². The summed E-state index contributed by atoms with van der Waals surface area (Å²) < 4.78 is 0. The van der Waals surface area contributed by atoms with Crippen LogP contribution in [0, 0.1) is 0 Å². The molecule has 0 aliphatic carbocycles. The van der Waals surface area contributed by atoms with Gasteiger partial charge in [0.1, 0.15) is 6.04 Å². The normalized spacial score (nSPS) is 11.5. The standard InChI is InChI=1S/C17H17N3O4/c18-16(23)14(5-6-15(21)22)20-17(24)13-3-1-11(2-4-13)12-7-9-19-10-8-12/h1-4,7-10,14H,5-6H2,(H2,18,23)(H,20,24)(H,21,22)/t14-/m0/s1. The molecule has 2 rings (SSSR count). The average Bonchev–Trinajstić information content (AvgIpc) is 2.59. The van der Waals surface area contributed by atoms with E-state index in [9.17, 15) is 14.4 Å². The summed E-state index contributed by atoms with van der Waals surface area (Å²) in [5, 5.41) is 11.1. The molecule has 7 heteroatoms. The second kappa shape index (κ2) is 7.87. The van der Waals surface area contributed by atoms with Crippen LogP contribution in [0.1, 0.15) is 23.2 Å². The molecule has 0 spiro atoms. The molecular weight excluding hydrogens is 310 g/mol. The Morgan fingerprint density at radius 2 is 1.62 bits per heavy atom. The van der Waals surface area contributed by atoms with Crippen molar-refractivity contribution in [3.05, 3.63) is 54.4 Å². The number of carbonyl (C=O) groups excluding carboxylic acids is 2. The highest BCUT2D eigenvalue weighted by Gasteiger charge is 2.19. The van der Waals surface area contributed by atoms with Gasteiger partial charge in [0.15, 0.2) is 0 Å². The number of pyridine rings is 1. The van der Waals surface area contributed by atoms with Crippen LogP contribution < -0.4 is 11.1 Å². The van der Waals surface area contributed by atoms with Crippen LogP contribution in [-0.2, 0) is 9.59 Å². The summed E-state index contributed by atoms with van der Waals surface area (Å²) in [7, 11) is 0. The van der Waals surface area contributed by atoms with Gasteiger partial charge >= 0.3 is 5.97 Å². The fourth-order valence-electron chi connectivity index (χ4n) is 2.15. The fraction of sp³-hybridized carbons (Fsp3) is 0.176. The van der Waals surface area contributed by atoms with Crippen molar-refractivity contribution in [1.82, 2.24) is 10.3 Å². The van der Waals surface area contributed by atoms with Crippen molar-refractivity contribution in [3.63, 3.8) is 0 Å². The Bertz CT molecular complexity index is 729. The highest BCUT2D eigenvalue weighted by Crippen LogP contribution is 2.18. The molecule has 0 saturated heterocycles. The number of aromatic nitrogens is 1. The van der Waals surface area contributed by atoms with E-state index in [-0.39, 0.29) is 12.8 Å². The number of hydrogen-bond donors (Lipinski definition) is 3. The molecule has 0 fully saturated rings. The van der Waals surface area contributed by atoms with E-state index in [4.69, 9.17) is 10.8 Å². The lowest BCUT2D eigenvalue weighted by molar-refractivity contribution is -0.137. The number of carboxylic acids is 1. The van der Waals surface area contributed by atoms with Crippen LogP contribution in [-0.4, -0.2) is 33.9 Å². The largest absolute Gasteiger partial charge is 0.481 e. The van der Waals surface area contributed by atoms with Gasteiger partial charge in [0, 0.05) is 24.4 Å². The molecule has 0 aliphatic rings. The van der Waals surface area contributed by atoms with Gasteiger partial charge in [-0.05, 0) is 41.8 Å². The first kappa shape index (κ1) is 17.1. The molecule has 24 heavy (non-hydrogen) atoms. The number of amides is 2. The van der Waals surface area contributed by atoms with E-state index < -0.39 is 23.8 Å². The molecule has 4 N–H and O–H groups in total. The molecule has 2 amide bonds. The lowest BCUT2D eigenvalue weighted by Gasteiger charge is -2.14. The number of primary amides is 1. The van der Waals surface area contributed by atoms with Crippen molar-refractivity contribution in [2.45, 2.75) is 18.9 Å². The molecule has 124 valence electrons. The van der Waals surface area contributed by atoms with Crippen molar-refractivity contribution in [1.29, 1.82) is 0 Å². The zero-order valence-electron chi connectivity index (χ0n) is 12.8. The maximum Gasteiger partial charge on any atom is 0.303 e. The topological polar surface area (TPSA) is 122 Å². The molecule has 0 unspecified atom stereocenters. The fourth-order valence-corrected chi connectivity index (χ4v) is 2.15. The Labute approximate surface area is 138 Å². The first-order valence-electron chi connectivity index (χ1n) is 7.30. The quantitative estimate of drug-likeness (QED) is 0.705. The predicted molar refractivity (Wildman–Crippen MR) is 87.0 cm³/mol. The third-order valence-electron chi connectivity index (χ3n) is 3.46. The van der Waals surface area contributed by atoms with Gasteiger partial charge in [0.25, 0.3) is 5.91 Å². The van der Waals surface area contributed by atoms with Crippen LogP contribution in [0.15, 0.2) is 48.8 Å². The smallest absolute Gasteiger partial charge is 0.303 e.